The number of rotatable bonds is 3. The van der Waals surface area contributed by atoms with Crippen LogP contribution < -0.4 is 10.2 Å². The highest BCUT2D eigenvalue weighted by molar-refractivity contribution is 8.00. The van der Waals surface area contributed by atoms with Crippen LogP contribution in [-0.4, -0.2) is 31.4 Å². The first-order valence-electron chi connectivity index (χ1n) is 7.65. The molecule has 2 nitrogen and oxygen atoms in total. The van der Waals surface area contributed by atoms with E-state index in [-0.39, 0.29) is 0 Å². The molecule has 1 heterocycles. The fraction of sp³-hybridized carbons (Fsp3) is 0.625. The Bertz CT molecular complexity index is 395. The number of nitrogens with one attached hydrogen (secondary N) is 1. The molecule has 0 aromatic heterocycles. The second kappa shape index (κ2) is 6.67. The van der Waals surface area contributed by atoms with E-state index < -0.39 is 0 Å². The van der Waals surface area contributed by atoms with Gasteiger partial charge in [-0.25, -0.2) is 0 Å². The molecule has 104 valence electrons. The fourth-order valence-corrected chi connectivity index (χ4v) is 4.49. The zero-order valence-corrected chi connectivity index (χ0v) is 12.4. The molecular formula is C16H24N2S. The third kappa shape index (κ3) is 3.46. The first-order chi connectivity index (χ1) is 9.43. The largest absolute Gasteiger partial charge is 0.368 e. The maximum Gasteiger partial charge on any atom is 0.0505 e. The molecular weight excluding hydrogens is 252 g/mol. The highest BCUT2D eigenvalue weighted by atomic mass is 32.2. The maximum absolute atomic E-state index is 3.44. The third-order valence-corrected chi connectivity index (χ3v) is 5.57. The van der Waals surface area contributed by atoms with Gasteiger partial charge < -0.3 is 10.2 Å². The summed E-state index contributed by atoms with van der Waals surface area (Å²) < 4.78 is 0. The first-order valence-corrected chi connectivity index (χ1v) is 8.53. The molecule has 0 bridgehead atoms. The molecule has 0 spiro atoms. The van der Waals surface area contributed by atoms with Crippen LogP contribution in [0.3, 0.4) is 0 Å². The van der Waals surface area contributed by atoms with Crippen molar-refractivity contribution >= 4 is 17.4 Å². The molecule has 2 fully saturated rings. The van der Waals surface area contributed by atoms with Crippen LogP contribution >= 0.6 is 11.8 Å². The zero-order chi connectivity index (χ0) is 12.9. The minimum absolute atomic E-state index is 0.845. The quantitative estimate of drug-likeness (QED) is 0.909. The van der Waals surface area contributed by atoms with Gasteiger partial charge in [0.15, 0.2) is 0 Å². The van der Waals surface area contributed by atoms with Crippen molar-refractivity contribution < 1.29 is 0 Å². The molecule has 1 aromatic rings. The first kappa shape index (κ1) is 13.3. The van der Waals surface area contributed by atoms with Crippen molar-refractivity contribution in [3.05, 3.63) is 24.3 Å². The van der Waals surface area contributed by atoms with Gasteiger partial charge >= 0.3 is 0 Å². The molecule has 1 saturated heterocycles. The van der Waals surface area contributed by atoms with Crippen LogP contribution in [0, 0.1) is 0 Å². The number of hydrogen-bond donors (Lipinski definition) is 1. The monoisotopic (exact) mass is 276 g/mol. The van der Waals surface area contributed by atoms with E-state index in [0.717, 1.165) is 31.4 Å². The van der Waals surface area contributed by atoms with Crippen molar-refractivity contribution in [2.45, 2.75) is 42.2 Å². The van der Waals surface area contributed by atoms with Gasteiger partial charge in [0.1, 0.15) is 0 Å². The normalized spacial score (nSPS) is 21.6. The number of benzene rings is 1. The molecule has 3 heteroatoms. The Kier molecular flexibility index (Phi) is 4.67. The average Bonchev–Trinajstić information content (AvgIpc) is 2.50. The number of nitrogens with zero attached hydrogens (tertiary/aromatic N) is 1. The van der Waals surface area contributed by atoms with Crippen LogP contribution in [0.25, 0.3) is 0 Å². The molecule has 1 aromatic carbocycles. The minimum atomic E-state index is 0.845. The summed E-state index contributed by atoms with van der Waals surface area (Å²) in [5.41, 5.74) is 1.46. The third-order valence-electron chi connectivity index (χ3n) is 4.17. The van der Waals surface area contributed by atoms with Crippen molar-refractivity contribution in [3.63, 3.8) is 0 Å². The standard InChI is InChI=1S/C16H24N2S/c1-2-6-14(7-3-1)19-16-9-5-4-8-15(16)18-12-10-17-11-13-18/h4-5,8-9,14,17H,1-3,6-7,10-13H2. The lowest BCUT2D eigenvalue weighted by Crippen LogP contribution is -2.43. The molecule has 0 radical (unpaired) electrons. The Hall–Kier alpha value is -0.670. The second-order valence-corrected chi connectivity index (χ2v) is 6.92. The maximum atomic E-state index is 3.44. The van der Waals surface area contributed by atoms with Crippen LogP contribution in [-0.2, 0) is 0 Å². The number of thioether (sulfide) groups is 1. The lowest BCUT2D eigenvalue weighted by molar-refractivity contribution is 0.516. The molecule has 0 amide bonds. The topological polar surface area (TPSA) is 15.3 Å². The van der Waals surface area contributed by atoms with Gasteiger partial charge in [-0.2, -0.15) is 0 Å². The SMILES string of the molecule is c1ccc(N2CCNCC2)c(SC2CCCCC2)c1. The van der Waals surface area contributed by atoms with E-state index in [1.807, 2.05) is 0 Å². The van der Waals surface area contributed by atoms with Gasteiger partial charge in [-0.15, -0.1) is 11.8 Å². The Morgan fingerprint density at radius 1 is 1.00 bits per heavy atom. The summed E-state index contributed by atoms with van der Waals surface area (Å²) in [5, 5.41) is 4.28. The summed E-state index contributed by atoms with van der Waals surface area (Å²) in [4.78, 5) is 4.04. The molecule has 1 aliphatic carbocycles. The van der Waals surface area contributed by atoms with Crippen LogP contribution in [0.1, 0.15) is 32.1 Å². The Morgan fingerprint density at radius 3 is 2.53 bits per heavy atom. The number of anilines is 1. The summed E-state index contributed by atoms with van der Waals surface area (Å²) in [6.07, 6.45) is 7.10. The van der Waals surface area contributed by atoms with Gasteiger partial charge in [0, 0.05) is 36.3 Å². The summed E-state index contributed by atoms with van der Waals surface area (Å²) in [7, 11) is 0. The zero-order valence-electron chi connectivity index (χ0n) is 11.6. The van der Waals surface area contributed by atoms with Gasteiger partial charge in [0.2, 0.25) is 0 Å². The molecule has 0 unspecified atom stereocenters. The van der Waals surface area contributed by atoms with E-state index >= 15 is 0 Å². The van der Waals surface area contributed by atoms with Gasteiger partial charge in [0.05, 0.1) is 5.69 Å². The number of piperazine rings is 1. The predicted molar refractivity (Wildman–Crippen MR) is 84.3 cm³/mol. The summed E-state index contributed by atoms with van der Waals surface area (Å²) in [6.45, 7) is 4.51. The molecule has 1 saturated carbocycles. The Morgan fingerprint density at radius 2 is 1.74 bits per heavy atom. The minimum Gasteiger partial charge on any atom is -0.368 e. The number of hydrogen-bond acceptors (Lipinski definition) is 3. The summed E-state index contributed by atoms with van der Waals surface area (Å²) >= 11 is 2.12. The molecule has 1 N–H and O–H groups in total. The fourth-order valence-electron chi connectivity index (χ4n) is 3.09. The highest BCUT2D eigenvalue weighted by Gasteiger charge is 2.19. The van der Waals surface area contributed by atoms with E-state index in [9.17, 15) is 0 Å². The van der Waals surface area contributed by atoms with Crippen molar-refractivity contribution in [1.82, 2.24) is 5.32 Å². The van der Waals surface area contributed by atoms with Gasteiger partial charge in [-0.05, 0) is 25.0 Å². The lowest BCUT2D eigenvalue weighted by Gasteiger charge is -2.32. The van der Waals surface area contributed by atoms with E-state index in [0.29, 0.717) is 0 Å². The van der Waals surface area contributed by atoms with E-state index in [4.69, 9.17) is 0 Å². The molecule has 19 heavy (non-hydrogen) atoms. The average molecular weight is 276 g/mol. The highest BCUT2D eigenvalue weighted by Crippen LogP contribution is 2.38. The van der Waals surface area contributed by atoms with Gasteiger partial charge in [0.25, 0.3) is 0 Å². The molecule has 2 aliphatic rings. The van der Waals surface area contributed by atoms with Crippen molar-refractivity contribution in [3.8, 4) is 0 Å². The molecule has 3 rings (SSSR count). The van der Waals surface area contributed by atoms with Crippen LogP contribution in [0.5, 0.6) is 0 Å². The van der Waals surface area contributed by atoms with E-state index in [1.54, 1.807) is 0 Å². The van der Waals surface area contributed by atoms with Crippen LogP contribution in [0.2, 0.25) is 0 Å². The van der Waals surface area contributed by atoms with Crippen molar-refractivity contribution in [1.29, 1.82) is 0 Å². The van der Waals surface area contributed by atoms with E-state index in [1.165, 1.54) is 42.7 Å². The van der Waals surface area contributed by atoms with Crippen LogP contribution in [0.4, 0.5) is 5.69 Å². The van der Waals surface area contributed by atoms with Gasteiger partial charge in [-0.1, -0.05) is 31.4 Å². The van der Waals surface area contributed by atoms with E-state index in [2.05, 4.69) is 46.2 Å². The summed E-state index contributed by atoms with van der Waals surface area (Å²) in [5.74, 6) is 0. The van der Waals surface area contributed by atoms with Gasteiger partial charge in [-0.3, -0.25) is 0 Å². The Balaban J connectivity index is 1.72. The Labute approximate surface area is 121 Å². The molecule has 0 atom stereocenters. The van der Waals surface area contributed by atoms with Crippen molar-refractivity contribution in [2.24, 2.45) is 0 Å². The second-order valence-electron chi connectivity index (χ2n) is 5.58. The number of para-hydroxylation sites is 1. The smallest absolute Gasteiger partial charge is 0.0505 e. The van der Waals surface area contributed by atoms with Crippen LogP contribution in [0.15, 0.2) is 29.2 Å². The lowest BCUT2D eigenvalue weighted by atomic mass is 10.0. The summed E-state index contributed by atoms with van der Waals surface area (Å²) in [6, 6.07) is 8.99. The van der Waals surface area contributed by atoms with Crippen molar-refractivity contribution in [2.75, 3.05) is 31.1 Å². The molecule has 1 aliphatic heterocycles. The predicted octanol–water partition coefficient (Wildman–Crippen LogP) is 3.52.